The summed E-state index contributed by atoms with van der Waals surface area (Å²) in [6.07, 6.45) is 0. The average molecular weight is 330 g/mol. The molecule has 0 heterocycles. The second-order valence-corrected chi connectivity index (χ2v) is 3.98. The zero-order valence-corrected chi connectivity index (χ0v) is 9.62. The summed E-state index contributed by atoms with van der Waals surface area (Å²) in [6.45, 7) is 0. The Morgan fingerprint density at radius 1 is 1.00 bits per heavy atom. The summed E-state index contributed by atoms with van der Waals surface area (Å²) < 4.78 is 4.95. The standard InChI is InChI=1S/C6H4Br3N/c7-4-1-5(8)3-6(2-4)10-9/h1-3,10H. The molecule has 1 rings (SSSR count). The van der Waals surface area contributed by atoms with Crippen molar-refractivity contribution >= 4 is 53.7 Å². The normalized spacial score (nSPS) is 9.50. The lowest BCUT2D eigenvalue weighted by Gasteiger charge is -1.98. The van der Waals surface area contributed by atoms with Crippen LogP contribution in [0, 0.1) is 0 Å². The highest BCUT2D eigenvalue weighted by molar-refractivity contribution is 9.11. The fourth-order valence-corrected chi connectivity index (χ4v) is 2.13. The quantitative estimate of drug-likeness (QED) is 0.770. The van der Waals surface area contributed by atoms with Crippen molar-refractivity contribution in [2.24, 2.45) is 0 Å². The van der Waals surface area contributed by atoms with Gasteiger partial charge in [-0.05, 0) is 18.2 Å². The number of hydrogen-bond donors (Lipinski definition) is 1. The van der Waals surface area contributed by atoms with Crippen molar-refractivity contribution in [3.63, 3.8) is 0 Å². The van der Waals surface area contributed by atoms with E-state index >= 15 is 0 Å². The molecule has 4 heteroatoms. The number of halogens is 3. The van der Waals surface area contributed by atoms with Gasteiger partial charge in [-0.15, -0.1) is 0 Å². The fourth-order valence-electron chi connectivity index (χ4n) is 0.608. The van der Waals surface area contributed by atoms with Crippen LogP contribution in [0.2, 0.25) is 0 Å². The Hall–Kier alpha value is 0.460. The smallest absolute Gasteiger partial charge is 0.0465 e. The highest BCUT2D eigenvalue weighted by Gasteiger charge is 1.93. The fraction of sp³-hybridized carbons (Fsp3) is 0. The van der Waals surface area contributed by atoms with Gasteiger partial charge in [0.15, 0.2) is 0 Å². The van der Waals surface area contributed by atoms with Crippen LogP contribution in [0.3, 0.4) is 0 Å². The molecule has 0 radical (unpaired) electrons. The Morgan fingerprint density at radius 3 is 1.90 bits per heavy atom. The van der Waals surface area contributed by atoms with Gasteiger partial charge in [0.2, 0.25) is 0 Å². The van der Waals surface area contributed by atoms with Crippen LogP contribution in [0.25, 0.3) is 0 Å². The Bertz CT molecular complexity index is 216. The molecule has 10 heavy (non-hydrogen) atoms. The number of anilines is 1. The minimum atomic E-state index is 1.02. The molecule has 1 aromatic carbocycles. The third-order valence-electron chi connectivity index (χ3n) is 0.972. The van der Waals surface area contributed by atoms with Gasteiger partial charge in [-0.25, -0.2) is 0 Å². The molecule has 1 nitrogen and oxygen atoms in total. The molecule has 0 bridgehead atoms. The van der Waals surface area contributed by atoms with E-state index < -0.39 is 0 Å². The van der Waals surface area contributed by atoms with Crippen molar-refractivity contribution in [2.45, 2.75) is 0 Å². The van der Waals surface area contributed by atoms with E-state index in [1.165, 1.54) is 0 Å². The second kappa shape index (κ2) is 3.74. The summed E-state index contributed by atoms with van der Waals surface area (Å²) in [5.74, 6) is 0. The maximum atomic E-state index is 3.36. The summed E-state index contributed by atoms with van der Waals surface area (Å²) in [5.41, 5.74) is 1.02. The lowest BCUT2D eigenvalue weighted by Crippen LogP contribution is -1.78. The van der Waals surface area contributed by atoms with Gasteiger partial charge in [0.25, 0.3) is 0 Å². The number of hydrogen-bond acceptors (Lipinski definition) is 1. The molecule has 0 aliphatic carbocycles. The molecule has 0 atom stereocenters. The predicted octanol–water partition coefficient (Wildman–Crippen LogP) is 3.93. The zero-order chi connectivity index (χ0) is 7.56. The SMILES string of the molecule is BrNc1cc(Br)cc(Br)c1. The molecule has 0 saturated heterocycles. The first-order chi connectivity index (χ1) is 4.72. The molecular formula is C6H4Br3N. The van der Waals surface area contributed by atoms with Crippen LogP contribution in [-0.2, 0) is 0 Å². The molecule has 0 spiro atoms. The van der Waals surface area contributed by atoms with Gasteiger partial charge in [0.1, 0.15) is 0 Å². The van der Waals surface area contributed by atoms with Gasteiger partial charge in [0, 0.05) is 30.8 Å². The van der Waals surface area contributed by atoms with Crippen LogP contribution >= 0.6 is 48.0 Å². The molecule has 0 aromatic heterocycles. The van der Waals surface area contributed by atoms with E-state index in [2.05, 4.69) is 52.3 Å². The molecule has 0 aliphatic rings. The summed E-state index contributed by atoms with van der Waals surface area (Å²) in [7, 11) is 0. The molecule has 0 aliphatic heterocycles. The van der Waals surface area contributed by atoms with Crippen LogP contribution in [-0.4, -0.2) is 0 Å². The van der Waals surface area contributed by atoms with Gasteiger partial charge in [0.05, 0.1) is 0 Å². The number of nitrogens with one attached hydrogen (secondary N) is 1. The Balaban J connectivity index is 3.06. The number of rotatable bonds is 1. The Labute approximate surface area is 84.8 Å². The Morgan fingerprint density at radius 2 is 1.50 bits per heavy atom. The largest absolute Gasteiger partial charge is 0.322 e. The topological polar surface area (TPSA) is 12.0 Å². The zero-order valence-electron chi connectivity index (χ0n) is 4.87. The minimum absolute atomic E-state index is 1.02. The van der Waals surface area contributed by atoms with Crippen molar-refractivity contribution in [3.05, 3.63) is 27.1 Å². The molecule has 0 unspecified atom stereocenters. The molecule has 1 aromatic rings. The van der Waals surface area contributed by atoms with Crippen molar-refractivity contribution in [3.8, 4) is 0 Å². The predicted molar refractivity (Wildman–Crippen MR) is 54.4 cm³/mol. The molecule has 0 fully saturated rings. The van der Waals surface area contributed by atoms with Gasteiger partial charge >= 0.3 is 0 Å². The molecular weight excluding hydrogens is 326 g/mol. The highest BCUT2D eigenvalue weighted by atomic mass is 79.9. The number of benzene rings is 1. The Kier molecular flexibility index (Phi) is 3.20. The van der Waals surface area contributed by atoms with Crippen LogP contribution in [0.4, 0.5) is 5.69 Å². The molecule has 1 N–H and O–H groups in total. The maximum Gasteiger partial charge on any atom is 0.0465 e. The third-order valence-corrected chi connectivity index (χ3v) is 2.35. The molecule has 54 valence electrons. The van der Waals surface area contributed by atoms with Crippen molar-refractivity contribution in [2.75, 3.05) is 4.34 Å². The van der Waals surface area contributed by atoms with E-state index in [4.69, 9.17) is 0 Å². The summed E-state index contributed by atoms with van der Waals surface area (Å²) >= 11 is 9.86. The van der Waals surface area contributed by atoms with Gasteiger partial charge in [-0.1, -0.05) is 31.9 Å². The van der Waals surface area contributed by atoms with Gasteiger partial charge in [-0.3, -0.25) is 0 Å². The second-order valence-electron chi connectivity index (χ2n) is 1.75. The van der Waals surface area contributed by atoms with E-state index in [-0.39, 0.29) is 0 Å². The van der Waals surface area contributed by atoms with Crippen LogP contribution in [0.5, 0.6) is 0 Å². The van der Waals surface area contributed by atoms with E-state index in [0.29, 0.717) is 0 Å². The van der Waals surface area contributed by atoms with E-state index in [9.17, 15) is 0 Å². The third kappa shape index (κ3) is 2.25. The van der Waals surface area contributed by atoms with Crippen molar-refractivity contribution in [1.82, 2.24) is 0 Å². The summed E-state index contributed by atoms with van der Waals surface area (Å²) in [4.78, 5) is 0. The van der Waals surface area contributed by atoms with Crippen LogP contribution in [0.15, 0.2) is 27.1 Å². The van der Waals surface area contributed by atoms with E-state index in [1.54, 1.807) is 0 Å². The van der Waals surface area contributed by atoms with E-state index in [1.807, 2.05) is 18.2 Å². The minimum Gasteiger partial charge on any atom is -0.322 e. The molecule has 0 saturated carbocycles. The van der Waals surface area contributed by atoms with Crippen molar-refractivity contribution in [1.29, 1.82) is 0 Å². The summed E-state index contributed by atoms with van der Waals surface area (Å²) in [5, 5.41) is 0. The maximum absolute atomic E-state index is 3.36. The lowest BCUT2D eigenvalue weighted by molar-refractivity contribution is 1.59. The van der Waals surface area contributed by atoms with Crippen LogP contribution in [0.1, 0.15) is 0 Å². The van der Waals surface area contributed by atoms with Gasteiger partial charge in [-0.2, -0.15) is 0 Å². The first kappa shape index (κ1) is 8.56. The van der Waals surface area contributed by atoms with Gasteiger partial charge < -0.3 is 4.34 Å². The monoisotopic (exact) mass is 327 g/mol. The first-order valence-electron chi connectivity index (χ1n) is 2.55. The highest BCUT2D eigenvalue weighted by Crippen LogP contribution is 2.23. The first-order valence-corrected chi connectivity index (χ1v) is 4.93. The lowest BCUT2D eigenvalue weighted by atomic mass is 10.3. The molecule has 0 amide bonds. The summed E-state index contributed by atoms with van der Waals surface area (Å²) in [6, 6.07) is 5.92. The van der Waals surface area contributed by atoms with Crippen LogP contribution < -0.4 is 4.34 Å². The average Bonchev–Trinajstić information content (AvgIpc) is 1.85. The van der Waals surface area contributed by atoms with Crippen molar-refractivity contribution < 1.29 is 0 Å². The van der Waals surface area contributed by atoms with E-state index in [0.717, 1.165) is 14.6 Å².